The maximum absolute atomic E-state index is 6.66. The van der Waals surface area contributed by atoms with E-state index in [9.17, 15) is 0 Å². The van der Waals surface area contributed by atoms with E-state index in [1.54, 1.807) is 0 Å². The molecule has 2 aromatic heterocycles. The molecule has 0 fully saturated rings. The van der Waals surface area contributed by atoms with Crippen LogP contribution in [0.2, 0.25) is 0 Å². The van der Waals surface area contributed by atoms with Crippen molar-refractivity contribution in [2.75, 3.05) is 9.80 Å². The number of furan rings is 2. The monoisotopic (exact) mass is 1600 g/mol. The van der Waals surface area contributed by atoms with E-state index in [0.717, 1.165) is 99.5 Å². The third kappa shape index (κ3) is 11.1. The van der Waals surface area contributed by atoms with Gasteiger partial charge in [0.15, 0.2) is 0 Å². The van der Waals surface area contributed by atoms with Gasteiger partial charge in [-0.15, -0.1) is 0 Å². The highest BCUT2D eigenvalue weighted by Crippen LogP contribution is 2.62. The van der Waals surface area contributed by atoms with Crippen LogP contribution in [0.15, 0.2) is 482 Å². The predicted molar refractivity (Wildman–Crippen MR) is 527 cm³/mol. The summed E-state index contributed by atoms with van der Waals surface area (Å²) < 4.78 is 13.3. The Kier molecular flexibility index (Phi) is 16.8. The first-order valence-electron chi connectivity index (χ1n) is 43.5. The molecule has 0 atom stereocenters. The zero-order valence-electron chi connectivity index (χ0n) is 68.7. The molecule has 588 valence electrons. The molecule has 0 aliphatic heterocycles. The van der Waals surface area contributed by atoms with Crippen molar-refractivity contribution in [2.45, 2.75) is 10.8 Å². The van der Waals surface area contributed by atoms with Crippen LogP contribution in [0.1, 0.15) is 44.5 Å². The lowest BCUT2D eigenvalue weighted by atomic mass is 9.67. The number of para-hydroxylation sites is 2. The minimum atomic E-state index is -0.531. The summed E-state index contributed by atoms with van der Waals surface area (Å²) in [6, 6.07) is 173. The van der Waals surface area contributed by atoms with E-state index in [4.69, 9.17) is 8.83 Å². The lowest BCUT2D eigenvalue weighted by Crippen LogP contribution is -2.28. The molecule has 0 unspecified atom stereocenters. The summed E-state index contributed by atoms with van der Waals surface area (Å²) in [5.74, 6) is 0. The van der Waals surface area contributed by atoms with Crippen molar-refractivity contribution in [3.05, 3.63) is 518 Å². The summed E-state index contributed by atoms with van der Waals surface area (Å²) in [6.45, 7) is 0. The Balaban J connectivity index is 0.000000137. The van der Waals surface area contributed by atoms with Gasteiger partial charge in [-0.05, 0) is 218 Å². The largest absolute Gasteiger partial charge is 0.455 e. The fraction of sp³-hybridized carbons (Fsp3) is 0.0164. The van der Waals surface area contributed by atoms with E-state index in [1.165, 1.54) is 132 Å². The molecule has 0 spiro atoms. The Morgan fingerprint density at radius 1 is 0.175 bits per heavy atom. The smallest absolute Gasteiger partial charge is 0.143 e. The standard InChI is InChI=1S/2C61H39NO/c1-3-16-44(17-4-1)61(45-18-5-2-6-19-45)54-24-11-9-22-53(54)59-55(61)25-14-27-57(59)62(56-26-13-23-51-49(56)37-38-52-50-21-10-12-28-58(50)63-60(51)52)46-34-31-40(32-35-46)42-33-36-48-43(39-42)30-29-41-15-7-8-20-47(41)48;1-3-17-42(18-4-1)61(43-19-5-2-6-20-43)56-27-13-11-24-49(56)50-35-34-45(39-57(50)61)62(58-28-15-26-53-51(58)36-37-54-52-25-12-14-29-59(52)63-60(53)54)44-32-30-40(31-33-44)55-38-41-16-7-8-21-46(41)47-22-9-10-23-48(47)55/h2*1-39H. The van der Waals surface area contributed by atoms with E-state index in [1.807, 2.05) is 12.1 Å². The second kappa shape index (κ2) is 29.2. The summed E-state index contributed by atoms with van der Waals surface area (Å²) in [6.07, 6.45) is 0. The van der Waals surface area contributed by atoms with Crippen molar-refractivity contribution in [3.63, 3.8) is 0 Å². The van der Waals surface area contributed by atoms with E-state index in [0.29, 0.717) is 0 Å². The summed E-state index contributed by atoms with van der Waals surface area (Å²) in [5.41, 5.74) is 28.9. The first-order valence-corrected chi connectivity index (χ1v) is 43.5. The van der Waals surface area contributed by atoms with Crippen LogP contribution in [0, 0.1) is 0 Å². The molecule has 24 aromatic rings. The Morgan fingerprint density at radius 2 is 0.548 bits per heavy atom. The highest BCUT2D eigenvalue weighted by Gasteiger charge is 2.49. The highest BCUT2D eigenvalue weighted by molar-refractivity contribution is 6.21. The molecular formula is C122H78N2O2. The fourth-order valence-electron chi connectivity index (χ4n) is 21.6. The number of fused-ring (bicyclic) bond motifs is 22. The number of benzene rings is 22. The molecule has 26 rings (SSSR count). The van der Waals surface area contributed by atoms with Crippen molar-refractivity contribution in [1.82, 2.24) is 0 Å². The summed E-state index contributed by atoms with van der Waals surface area (Å²) in [7, 11) is 0. The Hall–Kier alpha value is -16.4. The predicted octanol–water partition coefficient (Wildman–Crippen LogP) is 33.1. The van der Waals surface area contributed by atoms with Gasteiger partial charge >= 0.3 is 0 Å². The summed E-state index contributed by atoms with van der Waals surface area (Å²) in [5, 5.41) is 19.0. The normalized spacial score (nSPS) is 12.9. The van der Waals surface area contributed by atoms with Gasteiger partial charge in [0.1, 0.15) is 22.3 Å². The average molecular weight is 1600 g/mol. The number of rotatable bonds is 12. The zero-order chi connectivity index (χ0) is 83.0. The lowest BCUT2D eigenvalue weighted by molar-refractivity contribution is 0.672. The van der Waals surface area contributed by atoms with E-state index in [-0.39, 0.29) is 0 Å². The second-order valence-corrected chi connectivity index (χ2v) is 33.5. The van der Waals surface area contributed by atoms with Gasteiger partial charge in [-0.3, -0.25) is 0 Å². The molecule has 0 amide bonds. The first kappa shape index (κ1) is 72.4. The van der Waals surface area contributed by atoms with Crippen molar-refractivity contribution in [3.8, 4) is 44.5 Å². The van der Waals surface area contributed by atoms with Crippen molar-refractivity contribution >= 4 is 143 Å². The molecule has 2 aliphatic carbocycles. The SMILES string of the molecule is c1ccc(C2(c3ccccc3)c3ccccc3-c3c(N(c4ccc(-c5ccc6c(ccc7ccccc76)c5)cc4)c4cccc5c4ccc4c6ccccc6oc54)cccc32)cc1.c1ccc(C2(c3ccccc3)c3ccccc3-c3ccc(N(c4ccc(-c5cc6ccccc6c6ccccc56)cc4)c4cccc5c4ccc4c6ccccc6oc54)cc32)cc1. The molecule has 22 aromatic carbocycles. The van der Waals surface area contributed by atoms with Gasteiger partial charge in [0.05, 0.1) is 27.9 Å². The van der Waals surface area contributed by atoms with Gasteiger partial charge in [-0.2, -0.15) is 0 Å². The molecule has 4 heteroatoms. The Bertz CT molecular complexity index is 8380. The van der Waals surface area contributed by atoms with Crippen LogP contribution in [0.4, 0.5) is 34.1 Å². The van der Waals surface area contributed by atoms with Crippen LogP contribution < -0.4 is 9.80 Å². The van der Waals surface area contributed by atoms with Crippen LogP contribution >= 0.6 is 0 Å². The maximum Gasteiger partial charge on any atom is 0.143 e. The van der Waals surface area contributed by atoms with Gasteiger partial charge in [-0.1, -0.05) is 382 Å². The Morgan fingerprint density at radius 3 is 1.15 bits per heavy atom. The summed E-state index contributed by atoms with van der Waals surface area (Å²) in [4.78, 5) is 4.93. The molecular weight excluding hydrogens is 1530 g/mol. The lowest BCUT2D eigenvalue weighted by Gasteiger charge is -2.35. The molecule has 4 nitrogen and oxygen atoms in total. The van der Waals surface area contributed by atoms with Gasteiger partial charge in [0.2, 0.25) is 0 Å². The van der Waals surface area contributed by atoms with Crippen LogP contribution in [-0.4, -0.2) is 0 Å². The fourth-order valence-corrected chi connectivity index (χ4v) is 21.6. The van der Waals surface area contributed by atoms with E-state index >= 15 is 0 Å². The van der Waals surface area contributed by atoms with Crippen molar-refractivity contribution < 1.29 is 8.83 Å². The quantitative estimate of drug-likeness (QED) is 0.114. The molecule has 2 heterocycles. The summed E-state index contributed by atoms with van der Waals surface area (Å²) >= 11 is 0. The highest BCUT2D eigenvalue weighted by atomic mass is 16.3. The third-order valence-electron chi connectivity index (χ3n) is 27.0. The van der Waals surface area contributed by atoms with Gasteiger partial charge in [-0.25, -0.2) is 0 Å². The molecule has 0 saturated heterocycles. The topological polar surface area (TPSA) is 32.8 Å². The van der Waals surface area contributed by atoms with Crippen LogP contribution in [0.25, 0.3) is 153 Å². The number of hydrogen-bond donors (Lipinski definition) is 0. The number of anilines is 6. The van der Waals surface area contributed by atoms with E-state index in [2.05, 4.69) is 471 Å². The third-order valence-corrected chi connectivity index (χ3v) is 27.0. The van der Waals surface area contributed by atoms with Gasteiger partial charge < -0.3 is 18.6 Å². The van der Waals surface area contributed by atoms with Crippen LogP contribution in [0.5, 0.6) is 0 Å². The van der Waals surface area contributed by atoms with Crippen LogP contribution in [0.3, 0.4) is 0 Å². The van der Waals surface area contributed by atoms with E-state index < -0.39 is 10.8 Å². The van der Waals surface area contributed by atoms with Crippen molar-refractivity contribution in [2.24, 2.45) is 0 Å². The number of nitrogens with zero attached hydrogens (tertiary/aromatic N) is 2. The zero-order valence-corrected chi connectivity index (χ0v) is 68.7. The molecule has 126 heavy (non-hydrogen) atoms. The van der Waals surface area contributed by atoms with Gasteiger partial charge in [0, 0.05) is 65.7 Å². The molecule has 0 bridgehead atoms. The molecule has 0 N–H and O–H groups in total. The Labute approximate surface area is 729 Å². The first-order chi connectivity index (χ1) is 62.5. The second-order valence-electron chi connectivity index (χ2n) is 33.5. The molecule has 0 radical (unpaired) electrons. The maximum atomic E-state index is 6.66. The minimum absolute atomic E-state index is 0.527. The van der Waals surface area contributed by atoms with Crippen molar-refractivity contribution in [1.29, 1.82) is 0 Å². The average Bonchev–Trinajstić information content (AvgIpc) is 1.53. The minimum Gasteiger partial charge on any atom is -0.455 e. The van der Waals surface area contributed by atoms with Gasteiger partial charge in [0.25, 0.3) is 0 Å². The van der Waals surface area contributed by atoms with Crippen LogP contribution in [-0.2, 0) is 10.8 Å². The molecule has 2 aliphatic rings. The molecule has 0 saturated carbocycles. The number of hydrogen-bond acceptors (Lipinski definition) is 4.